The maximum atomic E-state index is 6.38. The van der Waals surface area contributed by atoms with Crippen molar-refractivity contribution in [1.82, 2.24) is 0 Å². The van der Waals surface area contributed by atoms with Crippen LogP contribution in [0, 0.1) is 0 Å². The van der Waals surface area contributed by atoms with Gasteiger partial charge in [-0.15, -0.1) is 11.8 Å². The molecule has 23 heavy (non-hydrogen) atoms. The molecule has 2 aromatic carbocycles. The Kier molecular flexibility index (Phi) is 5.96. The van der Waals surface area contributed by atoms with Crippen LogP contribution in [0.3, 0.4) is 0 Å². The predicted molar refractivity (Wildman–Crippen MR) is 106 cm³/mol. The minimum atomic E-state index is 0.160. The molecule has 0 aliphatic heterocycles. The molecule has 2 N–H and O–H groups in total. The molecule has 0 aromatic heterocycles. The molecule has 1 nitrogen and oxygen atoms in total. The van der Waals surface area contributed by atoms with Crippen LogP contribution in [0.5, 0.6) is 0 Å². The maximum Gasteiger partial charge on any atom is 0.0489 e. The molecule has 0 bridgehead atoms. The highest BCUT2D eigenvalue weighted by Crippen LogP contribution is 2.38. The van der Waals surface area contributed by atoms with Crippen LogP contribution >= 0.6 is 23.4 Å². The molecule has 0 atom stereocenters. The van der Waals surface area contributed by atoms with Crippen molar-refractivity contribution in [1.29, 1.82) is 0 Å². The van der Waals surface area contributed by atoms with Gasteiger partial charge in [0.05, 0.1) is 0 Å². The molecular weight excluding hydrogens is 322 g/mol. The number of hydrogen-bond donors (Lipinski definition) is 1. The summed E-state index contributed by atoms with van der Waals surface area (Å²) < 4.78 is 0. The molecule has 0 unspecified atom stereocenters. The predicted octanol–water partition coefficient (Wildman–Crippen LogP) is 6.18. The van der Waals surface area contributed by atoms with Gasteiger partial charge in [-0.3, -0.25) is 0 Å². The van der Waals surface area contributed by atoms with Crippen LogP contribution in [0.15, 0.2) is 48.5 Å². The molecular formula is C20H24ClNS. The lowest BCUT2D eigenvalue weighted by Crippen LogP contribution is -2.10. The van der Waals surface area contributed by atoms with Gasteiger partial charge < -0.3 is 5.73 Å². The molecule has 0 amide bonds. The lowest BCUT2D eigenvalue weighted by molar-refractivity contribution is 0.590. The summed E-state index contributed by atoms with van der Waals surface area (Å²) in [4.78, 5) is 1.14. The second-order valence-corrected chi connectivity index (χ2v) is 8.01. The quantitative estimate of drug-likeness (QED) is 0.529. The van der Waals surface area contributed by atoms with Crippen LogP contribution in [0.25, 0.3) is 10.5 Å². The van der Waals surface area contributed by atoms with Crippen molar-refractivity contribution >= 4 is 33.8 Å². The Morgan fingerprint density at radius 2 is 1.65 bits per heavy atom. The number of benzene rings is 2. The Labute approximate surface area is 148 Å². The van der Waals surface area contributed by atoms with Gasteiger partial charge in [-0.2, -0.15) is 0 Å². The summed E-state index contributed by atoms with van der Waals surface area (Å²) in [5, 5.41) is 0.758. The number of rotatable bonds is 4. The zero-order valence-electron chi connectivity index (χ0n) is 14.2. The van der Waals surface area contributed by atoms with Crippen LogP contribution in [-0.2, 0) is 5.41 Å². The lowest BCUT2D eigenvalue weighted by atomic mass is 9.86. The Hall–Kier alpha value is -1.22. The highest BCUT2D eigenvalue weighted by atomic mass is 35.5. The fourth-order valence-corrected chi connectivity index (χ4v) is 3.59. The maximum absolute atomic E-state index is 6.38. The summed E-state index contributed by atoms with van der Waals surface area (Å²) >= 11 is 8.01. The van der Waals surface area contributed by atoms with Crippen LogP contribution < -0.4 is 5.73 Å². The van der Waals surface area contributed by atoms with E-state index in [1.54, 1.807) is 11.8 Å². The highest BCUT2D eigenvalue weighted by Gasteiger charge is 2.15. The normalized spacial score (nSPS) is 13.0. The first kappa shape index (κ1) is 18.1. The monoisotopic (exact) mass is 345 g/mol. The third kappa shape index (κ3) is 4.41. The van der Waals surface area contributed by atoms with Crippen molar-refractivity contribution in [3.05, 3.63) is 70.2 Å². The first-order valence-corrected chi connectivity index (χ1v) is 9.10. The fraction of sp³-hybridized carbons (Fsp3) is 0.300. The second-order valence-electron chi connectivity index (χ2n) is 6.57. The van der Waals surface area contributed by atoms with Gasteiger partial charge in [-0.25, -0.2) is 0 Å². The Morgan fingerprint density at radius 3 is 2.17 bits per heavy atom. The van der Waals surface area contributed by atoms with E-state index >= 15 is 0 Å². The Morgan fingerprint density at radius 1 is 1.04 bits per heavy atom. The van der Waals surface area contributed by atoms with Gasteiger partial charge in [0, 0.05) is 21.4 Å². The molecule has 0 saturated heterocycles. The molecule has 0 spiro atoms. The first-order chi connectivity index (χ1) is 10.8. The van der Waals surface area contributed by atoms with Gasteiger partial charge >= 0.3 is 0 Å². The van der Waals surface area contributed by atoms with Crippen molar-refractivity contribution < 1.29 is 0 Å². The molecule has 122 valence electrons. The third-order valence-corrected chi connectivity index (χ3v) is 5.18. The second kappa shape index (κ2) is 7.57. The molecule has 0 aliphatic carbocycles. The topological polar surface area (TPSA) is 26.0 Å². The molecule has 2 aromatic rings. The number of nitrogens with two attached hydrogens (primary N) is 1. The lowest BCUT2D eigenvalue weighted by Gasteiger charge is -2.20. The zero-order chi connectivity index (χ0) is 17.0. The third-order valence-electron chi connectivity index (χ3n) is 3.87. The van der Waals surface area contributed by atoms with E-state index in [4.69, 9.17) is 17.3 Å². The molecule has 2 rings (SSSR count). The van der Waals surface area contributed by atoms with E-state index in [2.05, 4.69) is 52.0 Å². The fourth-order valence-electron chi connectivity index (χ4n) is 2.47. The van der Waals surface area contributed by atoms with Gasteiger partial charge in [0.25, 0.3) is 0 Å². The largest absolute Gasteiger partial charge is 0.322 e. The summed E-state index contributed by atoms with van der Waals surface area (Å²) in [6, 6.07) is 16.7. The van der Waals surface area contributed by atoms with Crippen LogP contribution in [-0.4, -0.2) is 5.88 Å². The van der Waals surface area contributed by atoms with E-state index < -0.39 is 0 Å². The summed E-state index contributed by atoms with van der Waals surface area (Å²) in [7, 11) is 0. The van der Waals surface area contributed by atoms with E-state index in [9.17, 15) is 0 Å². The SMILES string of the molecule is C/C(=C(\SCN)c1ccccc1Cl)c1ccc(C(C)(C)C)cc1. The average molecular weight is 346 g/mol. The van der Waals surface area contributed by atoms with Crippen LogP contribution in [0.4, 0.5) is 0 Å². The average Bonchev–Trinajstić information content (AvgIpc) is 2.52. The van der Waals surface area contributed by atoms with Crippen molar-refractivity contribution in [2.45, 2.75) is 33.1 Å². The van der Waals surface area contributed by atoms with Crippen molar-refractivity contribution in [2.24, 2.45) is 5.73 Å². The summed E-state index contributed by atoms with van der Waals surface area (Å²) in [5.74, 6) is 0.526. The van der Waals surface area contributed by atoms with Crippen molar-refractivity contribution in [3.63, 3.8) is 0 Å². The highest BCUT2D eigenvalue weighted by molar-refractivity contribution is 8.08. The van der Waals surface area contributed by atoms with E-state index in [0.717, 1.165) is 15.5 Å². The van der Waals surface area contributed by atoms with E-state index in [1.165, 1.54) is 16.7 Å². The van der Waals surface area contributed by atoms with Crippen LogP contribution in [0.2, 0.25) is 5.02 Å². The minimum absolute atomic E-state index is 0.160. The Bertz CT molecular complexity index is 696. The van der Waals surface area contributed by atoms with E-state index in [0.29, 0.717) is 5.88 Å². The molecule has 0 saturated carbocycles. The smallest absolute Gasteiger partial charge is 0.0489 e. The molecule has 0 heterocycles. The number of hydrogen-bond acceptors (Lipinski definition) is 2. The Balaban J connectivity index is 2.49. The summed E-state index contributed by atoms with van der Waals surface area (Å²) in [6.45, 7) is 8.81. The van der Waals surface area contributed by atoms with Crippen molar-refractivity contribution in [3.8, 4) is 0 Å². The van der Waals surface area contributed by atoms with Gasteiger partial charge in [0.2, 0.25) is 0 Å². The van der Waals surface area contributed by atoms with E-state index in [-0.39, 0.29) is 5.41 Å². The summed E-state index contributed by atoms with van der Waals surface area (Å²) in [6.07, 6.45) is 0. The van der Waals surface area contributed by atoms with Gasteiger partial charge in [-0.05, 0) is 35.1 Å². The van der Waals surface area contributed by atoms with Crippen molar-refractivity contribution in [2.75, 3.05) is 5.88 Å². The molecule has 0 fully saturated rings. The van der Waals surface area contributed by atoms with Gasteiger partial charge in [0.1, 0.15) is 0 Å². The first-order valence-electron chi connectivity index (χ1n) is 7.74. The van der Waals surface area contributed by atoms with Crippen LogP contribution in [0.1, 0.15) is 44.4 Å². The standard InChI is InChI=1S/C20H24ClNS/c1-14(15-9-11-16(12-10-15)20(2,3)4)19(23-13-22)17-7-5-6-8-18(17)21/h5-12H,13,22H2,1-4H3/b19-14+. The number of halogens is 1. The van der Waals surface area contributed by atoms with Gasteiger partial charge in [-0.1, -0.05) is 74.8 Å². The molecule has 0 aliphatic rings. The summed E-state index contributed by atoms with van der Waals surface area (Å²) in [5.41, 5.74) is 10.7. The van der Waals surface area contributed by atoms with E-state index in [1.807, 2.05) is 24.3 Å². The zero-order valence-corrected chi connectivity index (χ0v) is 15.8. The number of allylic oxidation sites excluding steroid dienone is 1. The molecule has 0 radical (unpaired) electrons. The molecule has 3 heteroatoms. The minimum Gasteiger partial charge on any atom is -0.322 e. The van der Waals surface area contributed by atoms with Gasteiger partial charge in [0.15, 0.2) is 0 Å². The number of thioether (sulfide) groups is 1.